The lowest BCUT2D eigenvalue weighted by molar-refractivity contribution is -0.137. The second kappa shape index (κ2) is 11.8. The number of halogens is 1. The highest BCUT2D eigenvalue weighted by molar-refractivity contribution is 14.1. The van der Waals surface area contributed by atoms with Crippen LogP contribution in [-0.2, 0) is 31.4 Å². The minimum absolute atomic E-state index is 0.0303. The Kier molecular flexibility index (Phi) is 8.38. The molecule has 39 heavy (non-hydrogen) atoms. The van der Waals surface area contributed by atoms with Crippen LogP contribution >= 0.6 is 22.6 Å². The summed E-state index contributed by atoms with van der Waals surface area (Å²) in [5.41, 5.74) is 10.3. The van der Waals surface area contributed by atoms with Gasteiger partial charge in [0.25, 0.3) is 0 Å². The fourth-order valence-electron chi connectivity index (χ4n) is 6.12. The van der Waals surface area contributed by atoms with Crippen LogP contribution in [0.4, 0.5) is 0 Å². The first kappa shape index (κ1) is 27.8. The fraction of sp³-hybridized carbons (Fsp3) is 0.406. The van der Waals surface area contributed by atoms with Gasteiger partial charge in [0.15, 0.2) is 0 Å². The lowest BCUT2D eigenvalue weighted by Gasteiger charge is -2.32. The van der Waals surface area contributed by atoms with Crippen LogP contribution in [-0.4, -0.2) is 37.5 Å². The summed E-state index contributed by atoms with van der Waals surface area (Å²) in [6.07, 6.45) is 3.58. The van der Waals surface area contributed by atoms with Crippen molar-refractivity contribution < 1.29 is 9.90 Å². The SMILES string of the molecule is CC[C@H]1CCc2c(I)cccc2CN(Cc2cc(C(CC(=O)O)c3ccc4c(nnn4C)c3C)ccc2C)C1. The third kappa shape index (κ3) is 5.89. The molecule has 4 aromatic rings. The van der Waals surface area contributed by atoms with Gasteiger partial charge >= 0.3 is 5.97 Å². The molecule has 1 unspecified atom stereocenters. The van der Waals surface area contributed by atoms with Gasteiger partial charge in [0.1, 0.15) is 5.52 Å². The maximum atomic E-state index is 12.0. The van der Waals surface area contributed by atoms with Gasteiger partial charge in [-0.1, -0.05) is 55.0 Å². The van der Waals surface area contributed by atoms with E-state index in [1.54, 1.807) is 4.68 Å². The monoisotopic (exact) mass is 636 g/mol. The Morgan fingerprint density at radius 1 is 1.18 bits per heavy atom. The normalized spacial score (nSPS) is 17.0. The standard InChI is InChI=1S/C32H37IN4O2/c1-5-22-10-12-27-24(7-6-8-29(27)33)18-37(17-22)19-25-15-23(11-9-20(25)2)28(16-31(38)39)26-13-14-30-32(21(26)3)34-35-36(30)4/h6-9,11,13-15,22,28H,5,10,12,16-19H2,1-4H3,(H,38,39)/t22-,28?/m0/s1. The third-order valence-electron chi connectivity index (χ3n) is 8.51. The van der Waals surface area contributed by atoms with Gasteiger partial charge in [0, 0.05) is 36.2 Å². The van der Waals surface area contributed by atoms with Crippen molar-refractivity contribution in [2.24, 2.45) is 13.0 Å². The molecule has 1 aliphatic rings. The van der Waals surface area contributed by atoms with Crippen LogP contribution in [0.2, 0.25) is 0 Å². The summed E-state index contributed by atoms with van der Waals surface area (Å²) in [6.45, 7) is 9.36. The zero-order valence-electron chi connectivity index (χ0n) is 23.2. The molecular formula is C32H37IN4O2. The average Bonchev–Trinajstić information content (AvgIpc) is 3.27. The number of benzene rings is 3. The van der Waals surface area contributed by atoms with Crippen molar-refractivity contribution in [3.8, 4) is 0 Å². The van der Waals surface area contributed by atoms with Crippen molar-refractivity contribution >= 4 is 39.6 Å². The van der Waals surface area contributed by atoms with Gasteiger partial charge in [-0.25, -0.2) is 4.68 Å². The summed E-state index contributed by atoms with van der Waals surface area (Å²) in [7, 11) is 1.88. The Balaban J connectivity index is 1.50. The Bertz CT molecular complexity index is 1510. The lowest BCUT2D eigenvalue weighted by Crippen LogP contribution is -2.31. The van der Waals surface area contributed by atoms with Crippen LogP contribution in [0.1, 0.15) is 71.0 Å². The van der Waals surface area contributed by atoms with E-state index in [0.717, 1.165) is 53.8 Å². The predicted molar refractivity (Wildman–Crippen MR) is 164 cm³/mol. The number of aliphatic carboxylic acids is 1. The molecule has 1 aliphatic heterocycles. The van der Waals surface area contributed by atoms with Crippen molar-refractivity contribution in [1.29, 1.82) is 0 Å². The molecule has 204 valence electrons. The van der Waals surface area contributed by atoms with Crippen molar-refractivity contribution in [2.75, 3.05) is 6.54 Å². The molecular weight excluding hydrogens is 599 g/mol. The highest BCUT2D eigenvalue weighted by Gasteiger charge is 2.24. The van der Waals surface area contributed by atoms with E-state index in [1.165, 1.54) is 38.7 Å². The third-order valence-corrected chi connectivity index (χ3v) is 9.52. The summed E-state index contributed by atoms with van der Waals surface area (Å²) in [6, 6.07) is 17.3. The van der Waals surface area contributed by atoms with Crippen LogP contribution in [0.3, 0.4) is 0 Å². The number of carboxylic acid groups (broad SMARTS) is 1. The van der Waals surface area contributed by atoms with Gasteiger partial charge in [0.05, 0.1) is 11.9 Å². The molecule has 0 amide bonds. The number of hydrogen-bond acceptors (Lipinski definition) is 4. The molecule has 0 bridgehead atoms. The Hall–Kier alpha value is -2.78. The Morgan fingerprint density at radius 2 is 2.00 bits per heavy atom. The summed E-state index contributed by atoms with van der Waals surface area (Å²) >= 11 is 2.49. The Labute approximate surface area is 244 Å². The molecule has 0 aliphatic carbocycles. The molecule has 1 aromatic heterocycles. The lowest BCUT2D eigenvalue weighted by atomic mass is 9.84. The van der Waals surface area contributed by atoms with Crippen LogP contribution < -0.4 is 0 Å². The minimum Gasteiger partial charge on any atom is -0.481 e. The van der Waals surface area contributed by atoms with Gasteiger partial charge in [-0.15, -0.1) is 5.10 Å². The number of aryl methyl sites for hydroxylation is 3. The highest BCUT2D eigenvalue weighted by atomic mass is 127. The molecule has 2 heterocycles. The second-order valence-electron chi connectivity index (χ2n) is 11.1. The van der Waals surface area contributed by atoms with Gasteiger partial charge in [0.2, 0.25) is 0 Å². The molecule has 0 spiro atoms. The van der Waals surface area contributed by atoms with Crippen LogP contribution in [0.15, 0.2) is 48.5 Å². The average molecular weight is 637 g/mol. The van der Waals surface area contributed by atoms with Gasteiger partial charge in [-0.05, 0) is 106 Å². The molecule has 0 fully saturated rings. The van der Waals surface area contributed by atoms with Crippen molar-refractivity contribution in [3.63, 3.8) is 0 Å². The predicted octanol–water partition coefficient (Wildman–Crippen LogP) is 6.77. The van der Waals surface area contributed by atoms with E-state index in [2.05, 4.69) is 94.1 Å². The largest absolute Gasteiger partial charge is 0.481 e. The van der Waals surface area contributed by atoms with E-state index < -0.39 is 5.97 Å². The van der Waals surface area contributed by atoms with Crippen molar-refractivity contribution in [2.45, 2.75) is 65.5 Å². The molecule has 0 saturated heterocycles. The molecule has 1 N–H and O–H groups in total. The number of rotatable bonds is 7. The molecule has 3 aromatic carbocycles. The van der Waals surface area contributed by atoms with E-state index in [4.69, 9.17) is 0 Å². The molecule has 2 atom stereocenters. The zero-order valence-corrected chi connectivity index (χ0v) is 25.4. The maximum Gasteiger partial charge on any atom is 0.304 e. The number of hydrogen-bond donors (Lipinski definition) is 1. The van der Waals surface area contributed by atoms with Gasteiger partial charge in [-0.2, -0.15) is 0 Å². The first-order valence-corrected chi connectivity index (χ1v) is 14.9. The molecule has 5 rings (SSSR count). The first-order valence-electron chi connectivity index (χ1n) is 13.8. The second-order valence-corrected chi connectivity index (χ2v) is 12.2. The van der Waals surface area contributed by atoms with Crippen LogP contribution in [0.5, 0.6) is 0 Å². The Morgan fingerprint density at radius 3 is 2.77 bits per heavy atom. The quantitative estimate of drug-likeness (QED) is 0.227. The summed E-state index contributed by atoms with van der Waals surface area (Å²) < 4.78 is 3.13. The molecule has 0 radical (unpaired) electrons. The summed E-state index contributed by atoms with van der Waals surface area (Å²) in [4.78, 5) is 14.6. The fourth-order valence-corrected chi connectivity index (χ4v) is 6.95. The molecule has 0 saturated carbocycles. The summed E-state index contributed by atoms with van der Waals surface area (Å²) in [5, 5.41) is 18.4. The van der Waals surface area contributed by atoms with Gasteiger partial charge in [-0.3, -0.25) is 9.69 Å². The number of aromatic nitrogens is 3. The van der Waals surface area contributed by atoms with Crippen LogP contribution in [0.25, 0.3) is 11.0 Å². The van der Waals surface area contributed by atoms with E-state index >= 15 is 0 Å². The first-order chi connectivity index (χ1) is 18.7. The zero-order chi connectivity index (χ0) is 27.7. The topological polar surface area (TPSA) is 71.2 Å². The van der Waals surface area contributed by atoms with E-state index in [9.17, 15) is 9.90 Å². The summed E-state index contributed by atoms with van der Waals surface area (Å²) in [5.74, 6) is -0.397. The van der Waals surface area contributed by atoms with E-state index in [-0.39, 0.29) is 12.3 Å². The maximum absolute atomic E-state index is 12.0. The number of carboxylic acids is 1. The van der Waals surface area contributed by atoms with E-state index in [0.29, 0.717) is 5.92 Å². The van der Waals surface area contributed by atoms with Gasteiger partial charge < -0.3 is 5.11 Å². The number of fused-ring (bicyclic) bond motifs is 2. The number of nitrogens with zero attached hydrogens (tertiary/aromatic N) is 4. The van der Waals surface area contributed by atoms with E-state index in [1.807, 2.05) is 20.0 Å². The van der Waals surface area contributed by atoms with Crippen molar-refractivity contribution in [3.05, 3.63) is 91.0 Å². The molecule has 7 heteroatoms. The van der Waals surface area contributed by atoms with Crippen molar-refractivity contribution in [1.82, 2.24) is 19.9 Å². The highest BCUT2D eigenvalue weighted by Crippen LogP contribution is 2.35. The smallest absolute Gasteiger partial charge is 0.304 e. The molecule has 6 nitrogen and oxygen atoms in total. The minimum atomic E-state index is -0.804. The number of carbonyl (C=O) groups is 1. The van der Waals surface area contributed by atoms with Crippen LogP contribution in [0, 0.1) is 23.3 Å².